The molecule has 3 rings (SSSR count). The van der Waals surface area contributed by atoms with Gasteiger partial charge in [0.2, 0.25) is 5.95 Å². The highest BCUT2D eigenvalue weighted by molar-refractivity contribution is 5.98. The van der Waals surface area contributed by atoms with E-state index in [2.05, 4.69) is 33.5 Å². The van der Waals surface area contributed by atoms with Crippen molar-refractivity contribution in [2.24, 2.45) is 15.8 Å². The number of hydrogen-bond donors (Lipinski definition) is 4. The molecule has 1 aromatic carbocycles. The number of anilines is 2. The highest BCUT2D eigenvalue weighted by Crippen LogP contribution is 2.24. The van der Waals surface area contributed by atoms with Crippen molar-refractivity contribution in [3.63, 3.8) is 0 Å². The summed E-state index contributed by atoms with van der Waals surface area (Å²) in [6, 6.07) is 6.11. The van der Waals surface area contributed by atoms with Gasteiger partial charge in [-0.1, -0.05) is 25.1 Å². The number of aryl methyl sites for hydroxylation is 1. The van der Waals surface area contributed by atoms with E-state index in [4.69, 9.17) is 15.5 Å². The van der Waals surface area contributed by atoms with Crippen LogP contribution in [0.25, 0.3) is 0 Å². The van der Waals surface area contributed by atoms with Crippen LogP contribution in [-0.2, 0) is 30.9 Å². The molecule has 11 heteroatoms. The third-order valence-corrected chi connectivity index (χ3v) is 6.38. The first kappa shape index (κ1) is 27.9. The Morgan fingerprint density at radius 1 is 1.35 bits per heavy atom. The first-order valence-corrected chi connectivity index (χ1v) is 12.4. The third-order valence-electron chi connectivity index (χ3n) is 6.38. The molecule has 0 fully saturated rings. The predicted molar refractivity (Wildman–Crippen MR) is 149 cm³/mol. The van der Waals surface area contributed by atoms with Crippen molar-refractivity contribution < 1.29 is 9.84 Å². The van der Waals surface area contributed by atoms with Crippen molar-refractivity contribution in [1.82, 2.24) is 15.0 Å². The summed E-state index contributed by atoms with van der Waals surface area (Å²) in [5, 5.41) is 20.7. The molecule has 0 saturated carbocycles. The average Bonchev–Trinajstić information content (AvgIpc) is 3.39. The van der Waals surface area contributed by atoms with Crippen LogP contribution in [0.4, 0.5) is 11.6 Å². The van der Waals surface area contributed by atoms with Gasteiger partial charge in [-0.3, -0.25) is 9.79 Å². The molecule has 0 amide bonds. The fraction of sp³-hybridized carbons (Fsp3) is 0.462. The second kappa shape index (κ2) is 13.0. The third kappa shape index (κ3) is 6.36. The summed E-state index contributed by atoms with van der Waals surface area (Å²) in [5.74, 6) is 0.299. The van der Waals surface area contributed by atoms with Gasteiger partial charge in [-0.2, -0.15) is 9.78 Å². The first-order valence-electron chi connectivity index (χ1n) is 12.4. The molecule has 2 aromatic rings. The molecular formula is C26H38N8O3. The maximum atomic E-state index is 13.7. The Bertz CT molecular complexity index is 1230. The van der Waals surface area contributed by atoms with Gasteiger partial charge >= 0.3 is 0 Å². The fourth-order valence-electron chi connectivity index (χ4n) is 4.36. The fourth-order valence-corrected chi connectivity index (χ4v) is 4.36. The van der Waals surface area contributed by atoms with Crippen molar-refractivity contribution in [2.45, 2.75) is 46.4 Å². The quantitative estimate of drug-likeness (QED) is 0.237. The standard InChI is InChI=1S/C26H38N8O3/c1-6-21-23(33(13-11-28-3)12-10-22(29-4)24(35)17(2)27)25(36)34(30-5)26(32-21)31-14-18-8-7-9-19-15-37-16-20(18)19/h7-9,28,35H,5-6,10-16,27H2,1-4H3,(H,31,32)/b24-17+,29-22?. The van der Waals surface area contributed by atoms with E-state index in [9.17, 15) is 9.90 Å². The molecule has 0 saturated heterocycles. The number of nitrogens with two attached hydrogens (primary N) is 1. The molecule has 0 aliphatic carbocycles. The van der Waals surface area contributed by atoms with E-state index >= 15 is 0 Å². The number of aliphatic hydroxyl groups is 1. The number of rotatable bonds is 13. The second-order valence-electron chi connectivity index (χ2n) is 8.79. The summed E-state index contributed by atoms with van der Waals surface area (Å²) in [6.45, 7) is 10.5. The lowest BCUT2D eigenvalue weighted by molar-refractivity contribution is 0.134. The van der Waals surface area contributed by atoms with E-state index in [0.29, 0.717) is 81.0 Å². The van der Waals surface area contributed by atoms with Crippen LogP contribution >= 0.6 is 0 Å². The van der Waals surface area contributed by atoms with Gasteiger partial charge in [-0.25, -0.2) is 4.98 Å². The Kier molecular flexibility index (Phi) is 9.81. The Morgan fingerprint density at radius 2 is 2.14 bits per heavy atom. The number of ether oxygens (including phenoxy) is 1. The van der Waals surface area contributed by atoms with Crippen LogP contribution in [0.3, 0.4) is 0 Å². The largest absolute Gasteiger partial charge is 0.504 e. The molecular weight excluding hydrogens is 472 g/mol. The molecule has 0 bridgehead atoms. The molecule has 0 spiro atoms. The molecule has 5 N–H and O–H groups in total. The Labute approximate surface area is 217 Å². The zero-order valence-electron chi connectivity index (χ0n) is 22.2. The maximum absolute atomic E-state index is 13.7. The predicted octanol–water partition coefficient (Wildman–Crippen LogP) is 2.15. The summed E-state index contributed by atoms with van der Waals surface area (Å²) in [7, 11) is 3.46. The summed E-state index contributed by atoms with van der Waals surface area (Å²) in [5.41, 5.74) is 10.8. The monoisotopic (exact) mass is 510 g/mol. The normalized spacial score (nSPS) is 13.8. The van der Waals surface area contributed by atoms with Gasteiger partial charge < -0.3 is 31.1 Å². The van der Waals surface area contributed by atoms with Crippen LogP contribution in [0.2, 0.25) is 0 Å². The number of likely N-dealkylation sites (N-methyl/N-ethyl adjacent to an activating group) is 1. The summed E-state index contributed by atoms with van der Waals surface area (Å²) < 4.78 is 6.79. The molecule has 0 unspecified atom stereocenters. The van der Waals surface area contributed by atoms with E-state index < -0.39 is 0 Å². The molecule has 0 atom stereocenters. The molecule has 2 heterocycles. The molecule has 200 valence electrons. The lowest BCUT2D eigenvalue weighted by atomic mass is 10.0. The van der Waals surface area contributed by atoms with Crippen LogP contribution in [0, 0.1) is 0 Å². The minimum absolute atomic E-state index is 0.0348. The highest BCUT2D eigenvalue weighted by Gasteiger charge is 2.22. The number of nitrogens with one attached hydrogen (secondary N) is 2. The van der Waals surface area contributed by atoms with Crippen molar-refractivity contribution >= 4 is 24.1 Å². The topological polar surface area (TPSA) is 142 Å². The van der Waals surface area contributed by atoms with Gasteiger partial charge in [-0.15, -0.1) is 0 Å². The van der Waals surface area contributed by atoms with Crippen LogP contribution in [0.1, 0.15) is 42.7 Å². The molecule has 0 radical (unpaired) electrons. The van der Waals surface area contributed by atoms with Crippen molar-refractivity contribution in [3.8, 4) is 0 Å². The van der Waals surface area contributed by atoms with Crippen LogP contribution in [0.5, 0.6) is 0 Å². The Hall–Kier alpha value is -3.70. The summed E-state index contributed by atoms with van der Waals surface area (Å²) in [4.78, 5) is 24.6. The molecule has 1 aromatic heterocycles. The SMILES string of the molecule is C=Nn1c(NCc2cccc3c2COC3)nc(CC)c(N(CCNC)CCC(=NC)/C(O)=C(/C)N)c1=O. The lowest BCUT2D eigenvalue weighted by Crippen LogP contribution is -2.39. The smallest absolute Gasteiger partial charge is 0.299 e. The van der Waals surface area contributed by atoms with Gasteiger partial charge in [0.15, 0.2) is 5.76 Å². The number of hydrogen-bond acceptors (Lipinski definition) is 10. The molecule has 1 aliphatic heterocycles. The van der Waals surface area contributed by atoms with E-state index in [0.717, 1.165) is 5.56 Å². The average molecular weight is 511 g/mol. The van der Waals surface area contributed by atoms with E-state index in [1.807, 2.05) is 31.0 Å². The van der Waals surface area contributed by atoms with Crippen LogP contribution in [-0.4, -0.2) is 60.9 Å². The van der Waals surface area contributed by atoms with E-state index in [1.54, 1.807) is 14.0 Å². The van der Waals surface area contributed by atoms with Gasteiger partial charge in [0, 0.05) is 52.1 Å². The lowest BCUT2D eigenvalue weighted by Gasteiger charge is -2.27. The summed E-state index contributed by atoms with van der Waals surface area (Å²) in [6.07, 6.45) is 0.940. The number of aromatic nitrogens is 2. The number of benzene rings is 1. The summed E-state index contributed by atoms with van der Waals surface area (Å²) >= 11 is 0. The maximum Gasteiger partial charge on any atom is 0.299 e. The van der Waals surface area contributed by atoms with Crippen molar-refractivity contribution in [2.75, 3.05) is 43.9 Å². The number of aliphatic hydroxyl groups excluding tert-OH is 1. The van der Waals surface area contributed by atoms with Gasteiger partial charge in [0.05, 0.1) is 24.6 Å². The Balaban J connectivity index is 1.94. The number of allylic oxidation sites excluding steroid dienone is 2. The van der Waals surface area contributed by atoms with E-state index in [1.165, 1.54) is 15.8 Å². The van der Waals surface area contributed by atoms with E-state index in [-0.39, 0.29) is 11.3 Å². The number of aliphatic imine (C=N–C) groups is 1. The minimum atomic E-state index is -0.313. The molecule has 11 nitrogen and oxygen atoms in total. The first-order chi connectivity index (χ1) is 17.9. The van der Waals surface area contributed by atoms with Crippen molar-refractivity contribution in [1.29, 1.82) is 0 Å². The van der Waals surface area contributed by atoms with Crippen LogP contribution < -0.4 is 26.8 Å². The highest BCUT2D eigenvalue weighted by atomic mass is 16.5. The van der Waals surface area contributed by atoms with Crippen LogP contribution in [0.15, 0.2) is 44.5 Å². The van der Waals surface area contributed by atoms with Crippen molar-refractivity contribution in [3.05, 3.63) is 62.4 Å². The zero-order valence-corrected chi connectivity index (χ0v) is 22.2. The molecule has 37 heavy (non-hydrogen) atoms. The Morgan fingerprint density at radius 3 is 2.78 bits per heavy atom. The zero-order chi connectivity index (χ0) is 26.9. The number of fused-ring (bicyclic) bond motifs is 1. The molecule has 1 aliphatic rings. The number of nitrogens with zero attached hydrogens (tertiary/aromatic N) is 5. The van der Waals surface area contributed by atoms with Gasteiger partial charge in [-0.05, 0) is 37.1 Å². The van der Waals surface area contributed by atoms with Gasteiger partial charge in [0.25, 0.3) is 5.56 Å². The van der Waals surface area contributed by atoms with Gasteiger partial charge in [0.1, 0.15) is 5.69 Å². The minimum Gasteiger partial charge on any atom is -0.504 e. The second-order valence-corrected chi connectivity index (χ2v) is 8.79.